The molecule has 1 aromatic heterocycles. The Bertz CT molecular complexity index is 861. The van der Waals surface area contributed by atoms with Crippen molar-refractivity contribution >= 4 is 16.7 Å². The Kier molecular flexibility index (Phi) is 3.59. The van der Waals surface area contributed by atoms with E-state index in [-0.39, 0.29) is 5.78 Å². The molecule has 0 aliphatic rings. The molecule has 0 bridgehead atoms. The van der Waals surface area contributed by atoms with E-state index in [0.717, 1.165) is 10.9 Å². The van der Waals surface area contributed by atoms with Gasteiger partial charge in [-0.15, -0.1) is 0 Å². The maximum Gasteiger partial charge on any atom is 0.171 e. The van der Waals surface area contributed by atoms with Crippen molar-refractivity contribution in [1.82, 2.24) is 4.98 Å². The van der Waals surface area contributed by atoms with Crippen LogP contribution in [0.3, 0.4) is 0 Å². The molecule has 2 aromatic carbocycles. The topological polar surface area (TPSA) is 50.2 Å². The summed E-state index contributed by atoms with van der Waals surface area (Å²) < 4.78 is 13.4. The summed E-state index contributed by atoms with van der Waals surface area (Å²) in [6.07, 6.45) is 1.54. The fourth-order valence-electron chi connectivity index (χ4n) is 2.40. The zero-order chi connectivity index (χ0) is 15.7. The fourth-order valence-corrected chi connectivity index (χ4v) is 2.40. The molecule has 22 heavy (non-hydrogen) atoms. The number of nitrogens with zero attached hydrogens (tertiary/aromatic N) is 1. The van der Waals surface area contributed by atoms with Crippen molar-refractivity contribution in [3.8, 4) is 5.75 Å². The Hall–Kier alpha value is -2.75. The minimum atomic E-state index is -0.728. The number of pyridine rings is 1. The van der Waals surface area contributed by atoms with E-state index in [4.69, 9.17) is 0 Å². The van der Waals surface area contributed by atoms with E-state index in [9.17, 15) is 14.3 Å². The second-order valence-corrected chi connectivity index (χ2v) is 5.21. The second-order valence-electron chi connectivity index (χ2n) is 5.21. The molecule has 1 atom stereocenters. The number of carbonyl (C=O) groups is 1. The van der Waals surface area contributed by atoms with E-state index in [1.165, 1.54) is 18.3 Å². The molecule has 110 valence electrons. The highest BCUT2D eigenvalue weighted by Crippen LogP contribution is 2.25. The number of phenols is 1. The molecule has 0 amide bonds. The van der Waals surface area contributed by atoms with Crippen LogP contribution >= 0.6 is 0 Å². The van der Waals surface area contributed by atoms with Gasteiger partial charge in [0.1, 0.15) is 0 Å². The number of ketones is 1. The van der Waals surface area contributed by atoms with Gasteiger partial charge in [0, 0.05) is 23.1 Å². The molecule has 0 radical (unpaired) electrons. The van der Waals surface area contributed by atoms with Crippen molar-refractivity contribution < 1.29 is 14.3 Å². The van der Waals surface area contributed by atoms with Gasteiger partial charge in [-0.2, -0.15) is 0 Å². The Morgan fingerprint density at radius 3 is 2.73 bits per heavy atom. The lowest BCUT2D eigenvalue weighted by Crippen LogP contribution is -2.10. The van der Waals surface area contributed by atoms with Crippen LogP contribution in [0, 0.1) is 5.82 Å². The minimum Gasteiger partial charge on any atom is -0.505 e. The monoisotopic (exact) mass is 295 g/mol. The third-order valence-electron chi connectivity index (χ3n) is 3.74. The molecular formula is C18H14FNO2. The van der Waals surface area contributed by atoms with Gasteiger partial charge in [-0.25, -0.2) is 4.39 Å². The van der Waals surface area contributed by atoms with Gasteiger partial charge in [-0.3, -0.25) is 9.78 Å². The van der Waals surface area contributed by atoms with E-state index in [1.807, 2.05) is 24.3 Å². The number of fused-ring (bicyclic) bond motifs is 1. The first kappa shape index (κ1) is 14.2. The van der Waals surface area contributed by atoms with Crippen LogP contribution in [0.25, 0.3) is 10.9 Å². The highest BCUT2D eigenvalue weighted by Gasteiger charge is 2.19. The maximum absolute atomic E-state index is 13.4. The van der Waals surface area contributed by atoms with E-state index < -0.39 is 17.5 Å². The number of aromatic hydroxyl groups is 1. The molecule has 0 aliphatic heterocycles. The highest BCUT2D eigenvalue weighted by molar-refractivity contribution is 6.02. The highest BCUT2D eigenvalue weighted by atomic mass is 19.1. The van der Waals surface area contributed by atoms with Crippen LogP contribution in [0.5, 0.6) is 5.75 Å². The summed E-state index contributed by atoms with van der Waals surface area (Å²) in [5.74, 6) is -1.80. The predicted molar refractivity (Wildman–Crippen MR) is 82.6 cm³/mol. The van der Waals surface area contributed by atoms with E-state index >= 15 is 0 Å². The number of rotatable bonds is 3. The number of hydrogen-bond acceptors (Lipinski definition) is 3. The summed E-state index contributed by atoms with van der Waals surface area (Å²) in [6.45, 7) is 1.71. The smallest absolute Gasteiger partial charge is 0.171 e. The minimum absolute atomic E-state index is 0.136. The summed E-state index contributed by atoms with van der Waals surface area (Å²) in [7, 11) is 0. The Morgan fingerprint density at radius 2 is 1.95 bits per heavy atom. The van der Waals surface area contributed by atoms with Crippen molar-refractivity contribution in [2.45, 2.75) is 12.8 Å². The number of para-hydroxylation sites is 1. The molecular weight excluding hydrogens is 281 g/mol. The van der Waals surface area contributed by atoms with Crippen molar-refractivity contribution in [3.63, 3.8) is 0 Å². The first-order valence-electron chi connectivity index (χ1n) is 6.93. The number of Topliss-reactive ketones (excluding diaryl/α,β-unsaturated/α-hetero) is 1. The van der Waals surface area contributed by atoms with E-state index in [1.54, 1.807) is 19.1 Å². The molecule has 0 spiro atoms. The molecule has 0 saturated carbocycles. The molecule has 1 unspecified atom stereocenters. The average Bonchev–Trinajstić information content (AvgIpc) is 2.55. The first-order chi connectivity index (χ1) is 10.6. The van der Waals surface area contributed by atoms with Gasteiger partial charge in [-0.1, -0.05) is 31.2 Å². The molecule has 3 rings (SSSR count). The number of benzene rings is 2. The molecule has 1 N–H and O–H groups in total. The van der Waals surface area contributed by atoms with Crippen molar-refractivity contribution in [2.75, 3.05) is 0 Å². The van der Waals surface area contributed by atoms with Crippen molar-refractivity contribution in [2.24, 2.45) is 0 Å². The molecule has 0 aliphatic carbocycles. The lowest BCUT2D eigenvalue weighted by molar-refractivity contribution is 0.0966. The summed E-state index contributed by atoms with van der Waals surface area (Å²) in [5, 5.41) is 10.1. The van der Waals surface area contributed by atoms with Crippen molar-refractivity contribution in [3.05, 3.63) is 71.7 Å². The lowest BCUT2D eigenvalue weighted by Gasteiger charge is -2.12. The van der Waals surface area contributed by atoms with Gasteiger partial charge < -0.3 is 5.11 Å². The molecule has 0 fully saturated rings. The zero-order valence-electron chi connectivity index (χ0n) is 12.0. The van der Waals surface area contributed by atoms with Crippen LogP contribution < -0.4 is 0 Å². The third-order valence-corrected chi connectivity index (χ3v) is 3.74. The van der Waals surface area contributed by atoms with Crippen LogP contribution in [0.4, 0.5) is 4.39 Å². The number of carbonyl (C=O) groups excluding carboxylic acids is 1. The Labute approximate surface area is 127 Å². The van der Waals surface area contributed by atoms with Gasteiger partial charge in [0.15, 0.2) is 17.3 Å². The SMILES string of the molecule is CC(C(=O)c1cnc2ccccc2c1)c1ccc(O)c(F)c1. The summed E-state index contributed by atoms with van der Waals surface area (Å²) >= 11 is 0. The predicted octanol–water partition coefficient (Wildman–Crippen LogP) is 4.07. The largest absolute Gasteiger partial charge is 0.505 e. The molecule has 3 aromatic rings. The first-order valence-corrected chi connectivity index (χ1v) is 6.93. The van der Waals surface area contributed by atoms with Crippen LogP contribution in [-0.4, -0.2) is 15.9 Å². The molecule has 1 heterocycles. The van der Waals surface area contributed by atoms with Crippen LogP contribution in [0.2, 0.25) is 0 Å². The van der Waals surface area contributed by atoms with Gasteiger partial charge in [-0.05, 0) is 29.8 Å². The van der Waals surface area contributed by atoms with Crippen LogP contribution in [0.1, 0.15) is 28.8 Å². The Morgan fingerprint density at radius 1 is 1.18 bits per heavy atom. The van der Waals surface area contributed by atoms with Gasteiger partial charge in [0.2, 0.25) is 0 Å². The number of aromatic nitrogens is 1. The van der Waals surface area contributed by atoms with Gasteiger partial charge in [0.05, 0.1) is 5.52 Å². The number of phenolic OH excluding ortho intramolecular Hbond substituents is 1. The van der Waals surface area contributed by atoms with Gasteiger partial charge in [0.25, 0.3) is 0 Å². The summed E-state index contributed by atoms with van der Waals surface area (Å²) in [5.41, 5.74) is 1.83. The summed E-state index contributed by atoms with van der Waals surface area (Å²) in [6, 6.07) is 13.3. The fraction of sp³-hybridized carbons (Fsp3) is 0.111. The molecule has 4 heteroatoms. The van der Waals surface area contributed by atoms with Crippen LogP contribution in [-0.2, 0) is 0 Å². The molecule has 0 saturated heterocycles. The maximum atomic E-state index is 13.4. The van der Waals surface area contributed by atoms with Crippen molar-refractivity contribution in [1.29, 1.82) is 0 Å². The zero-order valence-corrected chi connectivity index (χ0v) is 12.0. The number of hydrogen-bond donors (Lipinski definition) is 1. The second kappa shape index (κ2) is 5.56. The lowest BCUT2D eigenvalue weighted by atomic mass is 9.92. The average molecular weight is 295 g/mol. The summed E-state index contributed by atoms with van der Waals surface area (Å²) in [4.78, 5) is 16.8. The number of halogens is 1. The van der Waals surface area contributed by atoms with Crippen LogP contribution in [0.15, 0.2) is 54.7 Å². The quantitative estimate of drug-likeness (QED) is 0.741. The normalized spacial score (nSPS) is 12.3. The Balaban J connectivity index is 1.95. The van der Waals surface area contributed by atoms with Gasteiger partial charge >= 0.3 is 0 Å². The van der Waals surface area contributed by atoms with E-state index in [0.29, 0.717) is 11.1 Å². The standard InChI is InChI=1S/C18H14FNO2/c1-11(12-6-7-17(21)15(19)9-12)18(22)14-8-13-4-2-3-5-16(13)20-10-14/h2-11,21H,1H3. The molecule has 3 nitrogen and oxygen atoms in total. The third kappa shape index (κ3) is 2.55. The van der Waals surface area contributed by atoms with E-state index in [2.05, 4.69) is 4.98 Å².